The van der Waals surface area contributed by atoms with Crippen LogP contribution in [-0.2, 0) is 17.6 Å². The Morgan fingerprint density at radius 1 is 1.38 bits per heavy atom. The van der Waals surface area contributed by atoms with Crippen molar-refractivity contribution >= 4 is 33.2 Å². The topological polar surface area (TPSA) is 72.7 Å². The number of methoxy groups -OCH3 is 1. The summed E-state index contributed by atoms with van der Waals surface area (Å²) in [5.41, 5.74) is 1.93. The van der Waals surface area contributed by atoms with Crippen molar-refractivity contribution in [3.05, 3.63) is 62.1 Å². The molecule has 0 aliphatic carbocycles. The van der Waals surface area contributed by atoms with Gasteiger partial charge in [0, 0.05) is 22.6 Å². The summed E-state index contributed by atoms with van der Waals surface area (Å²) in [5.74, 6) is 0.458. The number of halogens is 1. The normalized spacial score (nSPS) is 12.8. The van der Waals surface area contributed by atoms with Crippen LogP contribution < -0.4 is 9.64 Å². The van der Waals surface area contributed by atoms with E-state index in [2.05, 4.69) is 15.9 Å². The molecule has 0 fully saturated rings. The molecule has 0 aromatic heterocycles. The van der Waals surface area contributed by atoms with Crippen LogP contribution in [0.2, 0.25) is 0 Å². The number of rotatable bonds is 4. The highest BCUT2D eigenvalue weighted by Gasteiger charge is 2.32. The molecule has 3 rings (SSSR count). The first kappa shape index (κ1) is 16.4. The summed E-state index contributed by atoms with van der Waals surface area (Å²) in [6.45, 7) is 0.445. The Bertz CT molecular complexity index is 822. The minimum absolute atomic E-state index is 0.0507. The predicted octanol–water partition coefficient (Wildman–Crippen LogP) is 3.50. The molecule has 6 nitrogen and oxygen atoms in total. The van der Waals surface area contributed by atoms with E-state index in [1.165, 1.54) is 11.0 Å². The van der Waals surface area contributed by atoms with Crippen LogP contribution in [0.4, 0.5) is 11.4 Å². The first-order valence-electron chi connectivity index (χ1n) is 7.40. The number of hydrogen-bond donors (Lipinski definition) is 0. The van der Waals surface area contributed by atoms with Gasteiger partial charge >= 0.3 is 0 Å². The molecule has 0 unspecified atom stereocenters. The SMILES string of the molecule is COc1ccccc1CC(=O)N1CCc2cc(Br)cc([N+](=O)[O-])c21. The third-order valence-corrected chi connectivity index (χ3v) is 4.50. The van der Waals surface area contributed by atoms with E-state index in [-0.39, 0.29) is 18.0 Å². The third kappa shape index (κ3) is 2.99. The van der Waals surface area contributed by atoms with Gasteiger partial charge in [0.2, 0.25) is 5.91 Å². The first-order chi connectivity index (χ1) is 11.5. The average Bonchev–Trinajstić information content (AvgIpc) is 2.98. The highest BCUT2D eigenvalue weighted by atomic mass is 79.9. The van der Waals surface area contributed by atoms with Gasteiger partial charge in [0.05, 0.1) is 18.5 Å². The van der Waals surface area contributed by atoms with Gasteiger partial charge in [-0.1, -0.05) is 34.1 Å². The van der Waals surface area contributed by atoms with E-state index in [1.807, 2.05) is 24.3 Å². The van der Waals surface area contributed by atoms with Crippen LogP contribution in [0.1, 0.15) is 11.1 Å². The fourth-order valence-corrected chi connectivity index (χ4v) is 3.48. The molecule has 0 atom stereocenters. The number of anilines is 1. The van der Waals surface area contributed by atoms with E-state index in [1.54, 1.807) is 13.2 Å². The Morgan fingerprint density at radius 2 is 2.12 bits per heavy atom. The molecule has 1 heterocycles. The average molecular weight is 391 g/mol. The first-order valence-corrected chi connectivity index (χ1v) is 8.19. The van der Waals surface area contributed by atoms with Crippen molar-refractivity contribution < 1.29 is 14.5 Å². The van der Waals surface area contributed by atoms with Crippen molar-refractivity contribution in [2.24, 2.45) is 0 Å². The number of para-hydroxylation sites is 1. The monoisotopic (exact) mass is 390 g/mol. The molecule has 2 aromatic carbocycles. The van der Waals surface area contributed by atoms with Gasteiger partial charge in [0.1, 0.15) is 11.4 Å². The maximum atomic E-state index is 12.7. The summed E-state index contributed by atoms with van der Waals surface area (Å²) < 4.78 is 5.92. The zero-order chi connectivity index (χ0) is 17.3. The van der Waals surface area contributed by atoms with E-state index >= 15 is 0 Å². The van der Waals surface area contributed by atoms with Crippen molar-refractivity contribution in [1.82, 2.24) is 0 Å². The second kappa shape index (κ2) is 6.60. The van der Waals surface area contributed by atoms with E-state index in [4.69, 9.17) is 4.74 Å². The predicted molar refractivity (Wildman–Crippen MR) is 93.6 cm³/mol. The van der Waals surface area contributed by atoms with Crippen molar-refractivity contribution in [3.8, 4) is 5.75 Å². The number of carbonyl (C=O) groups is 1. The zero-order valence-corrected chi connectivity index (χ0v) is 14.6. The fraction of sp³-hybridized carbons (Fsp3) is 0.235. The molecule has 24 heavy (non-hydrogen) atoms. The molecule has 1 amide bonds. The van der Waals surface area contributed by atoms with Gasteiger partial charge in [0.25, 0.3) is 5.69 Å². The number of amides is 1. The summed E-state index contributed by atoms with van der Waals surface area (Å²) in [5, 5.41) is 11.4. The molecule has 0 spiro atoms. The molecule has 1 aliphatic heterocycles. The standard InChI is InChI=1S/C17H15BrN2O4/c1-24-15-5-3-2-4-11(15)9-16(21)19-7-6-12-8-13(18)10-14(17(12)19)20(22)23/h2-5,8,10H,6-7,9H2,1H3. The molecule has 0 saturated heterocycles. The van der Waals surface area contributed by atoms with Crippen LogP contribution in [0.25, 0.3) is 0 Å². The number of carbonyl (C=O) groups excluding carboxylic acids is 1. The van der Waals surface area contributed by atoms with Crippen LogP contribution >= 0.6 is 15.9 Å². The second-order valence-electron chi connectivity index (χ2n) is 5.47. The summed E-state index contributed by atoms with van der Waals surface area (Å²) >= 11 is 3.29. The molecule has 2 aromatic rings. The molecule has 0 radical (unpaired) electrons. The van der Waals surface area contributed by atoms with Crippen LogP contribution in [-0.4, -0.2) is 24.5 Å². The Balaban J connectivity index is 1.94. The highest BCUT2D eigenvalue weighted by molar-refractivity contribution is 9.10. The Kier molecular flexibility index (Phi) is 4.53. The number of benzene rings is 2. The molecule has 124 valence electrons. The Morgan fingerprint density at radius 3 is 2.83 bits per heavy atom. The van der Waals surface area contributed by atoms with Crippen molar-refractivity contribution in [2.45, 2.75) is 12.8 Å². The smallest absolute Gasteiger partial charge is 0.294 e. The lowest BCUT2D eigenvalue weighted by Gasteiger charge is -2.18. The lowest BCUT2D eigenvalue weighted by molar-refractivity contribution is -0.384. The molecule has 0 N–H and O–H groups in total. The molecular formula is C17H15BrN2O4. The Hall–Kier alpha value is -2.41. The number of nitro benzene ring substituents is 1. The molecular weight excluding hydrogens is 376 g/mol. The van der Waals surface area contributed by atoms with Gasteiger partial charge in [-0.25, -0.2) is 0 Å². The van der Waals surface area contributed by atoms with E-state index in [0.717, 1.165) is 11.1 Å². The van der Waals surface area contributed by atoms with Crippen molar-refractivity contribution in [2.75, 3.05) is 18.6 Å². The summed E-state index contributed by atoms with van der Waals surface area (Å²) in [6, 6.07) is 10.6. The van der Waals surface area contributed by atoms with Gasteiger partial charge in [-0.15, -0.1) is 0 Å². The van der Waals surface area contributed by atoms with Gasteiger partial charge in [-0.05, 0) is 24.1 Å². The molecule has 0 bridgehead atoms. The number of ether oxygens (including phenoxy) is 1. The quantitative estimate of drug-likeness (QED) is 0.591. The van der Waals surface area contributed by atoms with Crippen LogP contribution in [0.15, 0.2) is 40.9 Å². The zero-order valence-electron chi connectivity index (χ0n) is 13.0. The number of nitrogens with zero attached hydrogens (tertiary/aromatic N) is 2. The summed E-state index contributed by atoms with van der Waals surface area (Å²) in [7, 11) is 1.55. The minimum atomic E-state index is -0.446. The van der Waals surface area contributed by atoms with E-state index in [9.17, 15) is 14.9 Å². The molecule has 0 saturated carbocycles. The van der Waals surface area contributed by atoms with Crippen molar-refractivity contribution in [1.29, 1.82) is 0 Å². The summed E-state index contributed by atoms with van der Waals surface area (Å²) in [6.07, 6.45) is 0.740. The van der Waals surface area contributed by atoms with E-state index in [0.29, 0.717) is 28.9 Å². The number of nitro groups is 1. The Labute approximate surface area is 147 Å². The third-order valence-electron chi connectivity index (χ3n) is 4.04. The van der Waals surface area contributed by atoms with Gasteiger partial charge < -0.3 is 9.64 Å². The number of hydrogen-bond acceptors (Lipinski definition) is 4. The lowest BCUT2D eigenvalue weighted by Crippen LogP contribution is -2.31. The van der Waals surface area contributed by atoms with E-state index < -0.39 is 4.92 Å². The second-order valence-corrected chi connectivity index (χ2v) is 6.39. The maximum Gasteiger partial charge on any atom is 0.294 e. The minimum Gasteiger partial charge on any atom is -0.496 e. The largest absolute Gasteiger partial charge is 0.496 e. The lowest BCUT2D eigenvalue weighted by atomic mass is 10.1. The van der Waals surface area contributed by atoms with Crippen LogP contribution in [0.3, 0.4) is 0 Å². The molecule has 1 aliphatic rings. The maximum absolute atomic E-state index is 12.7. The van der Waals surface area contributed by atoms with Gasteiger partial charge in [0.15, 0.2) is 0 Å². The van der Waals surface area contributed by atoms with Gasteiger partial charge in [-0.2, -0.15) is 0 Å². The summed E-state index contributed by atoms with van der Waals surface area (Å²) in [4.78, 5) is 25.2. The fourth-order valence-electron chi connectivity index (χ4n) is 2.98. The van der Waals surface area contributed by atoms with Crippen molar-refractivity contribution in [3.63, 3.8) is 0 Å². The van der Waals surface area contributed by atoms with Gasteiger partial charge in [-0.3, -0.25) is 14.9 Å². The molecule has 7 heteroatoms. The van der Waals surface area contributed by atoms with Crippen LogP contribution in [0, 0.1) is 10.1 Å². The van der Waals surface area contributed by atoms with Crippen LogP contribution in [0.5, 0.6) is 5.75 Å². The number of fused-ring (bicyclic) bond motifs is 1. The highest BCUT2D eigenvalue weighted by Crippen LogP contribution is 2.40.